The molecule has 0 aromatic heterocycles. The number of rotatable bonds is 8. The van der Waals surface area contributed by atoms with Crippen LogP contribution >= 0.6 is 0 Å². The summed E-state index contributed by atoms with van der Waals surface area (Å²) in [7, 11) is 0. The molecule has 0 unspecified atom stereocenters. The molecule has 3 aromatic rings. The highest BCUT2D eigenvalue weighted by molar-refractivity contribution is 5.91. The minimum absolute atomic E-state index is 0.0573. The van der Waals surface area contributed by atoms with Gasteiger partial charge in [0, 0.05) is 18.0 Å². The van der Waals surface area contributed by atoms with Crippen molar-refractivity contribution in [3.63, 3.8) is 0 Å². The Hall–Kier alpha value is -4.13. The van der Waals surface area contributed by atoms with Gasteiger partial charge in [-0.25, -0.2) is 9.59 Å². The summed E-state index contributed by atoms with van der Waals surface area (Å²) < 4.78 is 5.41. The van der Waals surface area contributed by atoms with Crippen LogP contribution in [-0.4, -0.2) is 35.7 Å². The van der Waals surface area contributed by atoms with Gasteiger partial charge in [0.2, 0.25) is 5.91 Å². The second-order valence-electron chi connectivity index (χ2n) is 7.81. The molecule has 4 rings (SSSR count). The van der Waals surface area contributed by atoms with Gasteiger partial charge in [-0.1, -0.05) is 66.7 Å². The van der Waals surface area contributed by atoms with E-state index in [1.807, 2.05) is 54.6 Å². The number of carbonyl (C=O) groups excluding carboxylic acids is 2. The topological polar surface area (TPSA) is 105 Å². The summed E-state index contributed by atoms with van der Waals surface area (Å²) >= 11 is 0. The number of ether oxygens (including phenoxy) is 1. The lowest BCUT2D eigenvalue weighted by atomic mass is 9.98. The summed E-state index contributed by atoms with van der Waals surface area (Å²) in [6.45, 7) is 0.0840. The van der Waals surface area contributed by atoms with Crippen LogP contribution in [0.3, 0.4) is 0 Å². The molecule has 33 heavy (non-hydrogen) atoms. The highest BCUT2D eigenvalue weighted by atomic mass is 16.5. The van der Waals surface area contributed by atoms with Crippen LogP contribution in [-0.2, 0) is 14.3 Å². The number of fused-ring (bicyclic) bond motifs is 3. The lowest BCUT2D eigenvalue weighted by Crippen LogP contribution is -2.42. The molecule has 0 fully saturated rings. The van der Waals surface area contributed by atoms with Crippen molar-refractivity contribution in [2.24, 2.45) is 0 Å². The molecule has 0 saturated carbocycles. The van der Waals surface area contributed by atoms with E-state index in [-0.39, 0.29) is 31.3 Å². The molecule has 1 atom stereocenters. The molecule has 0 saturated heterocycles. The molecule has 2 amide bonds. The molecule has 3 aromatic carbocycles. The van der Waals surface area contributed by atoms with Gasteiger partial charge < -0.3 is 20.5 Å². The number of carboxylic acid groups (broad SMARTS) is 1. The number of hydrogen-bond acceptors (Lipinski definition) is 4. The standard InChI is InChI=1S/C26H24N2O5/c29-24(27-17-8-2-1-3-9-17)15-14-23(25(30)31)28-26(32)33-16-22-20-12-6-4-10-18(20)19-11-5-7-13-21(19)22/h1-13,22-23H,14-16H2,(H,27,29)(H,28,32)(H,30,31)/t23-/m0/s1. The monoisotopic (exact) mass is 444 g/mol. The predicted molar refractivity (Wildman–Crippen MR) is 124 cm³/mol. The second-order valence-corrected chi connectivity index (χ2v) is 7.81. The minimum atomic E-state index is -1.23. The van der Waals surface area contributed by atoms with Gasteiger partial charge in [0.1, 0.15) is 12.6 Å². The van der Waals surface area contributed by atoms with Crippen molar-refractivity contribution in [2.75, 3.05) is 11.9 Å². The zero-order valence-corrected chi connectivity index (χ0v) is 17.9. The minimum Gasteiger partial charge on any atom is -0.480 e. The van der Waals surface area contributed by atoms with E-state index in [2.05, 4.69) is 10.6 Å². The number of aliphatic carboxylic acids is 1. The largest absolute Gasteiger partial charge is 0.480 e. The molecule has 7 heteroatoms. The first-order chi connectivity index (χ1) is 16.0. The number of hydrogen-bond donors (Lipinski definition) is 3. The highest BCUT2D eigenvalue weighted by Crippen LogP contribution is 2.44. The van der Waals surface area contributed by atoms with Gasteiger partial charge in [-0.2, -0.15) is 0 Å². The van der Waals surface area contributed by atoms with Crippen molar-refractivity contribution in [1.82, 2.24) is 5.32 Å². The van der Waals surface area contributed by atoms with Gasteiger partial charge in [-0.15, -0.1) is 0 Å². The van der Waals surface area contributed by atoms with Crippen LogP contribution in [0.4, 0.5) is 10.5 Å². The lowest BCUT2D eigenvalue weighted by molar-refractivity contribution is -0.139. The Kier molecular flexibility index (Phi) is 6.69. The molecule has 0 heterocycles. The van der Waals surface area contributed by atoms with Crippen LogP contribution in [0, 0.1) is 0 Å². The van der Waals surface area contributed by atoms with Gasteiger partial charge in [-0.05, 0) is 40.8 Å². The molecule has 1 aliphatic carbocycles. The molecular formula is C26H24N2O5. The van der Waals surface area contributed by atoms with Crippen molar-refractivity contribution in [3.8, 4) is 11.1 Å². The predicted octanol–water partition coefficient (Wildman–Crippen LogP) is 4.40. The summed E-state index contributed by atoms with van der Waals surface area (Å²) in [4.78, 5) is 36.1. The fourth-order valence-corrected chi connectivity index (χ4v) is 4.06. The number of benzene rings is 3. The van der Waals surface area contributed by atoms with Gasteiger partial charge in [-0.3, -0.25) is 4.79 Å². The molecule has 3 N–H and O–H groups in total. The quantitative estimate of drug-likeness (QED) is 0.478. The van der Waals surface area contributed by atoms with Gasteiger partial charge in [0.15, 0.2) is 0 Å². The molecule has 168 valence electrons. The number of anilines is 1. The van der Waals surface area contributed by atoms with E-state index >= 15 is 0 Å². The van der Waals surface area contributed by atoms with E-state index in [4.69, 9.17) is 4.74 Å². The Labute approximate surface area is 191 Å². The van der Waals surface area contributed by atoms with E-state index in [9.17, 15) is 19.5 Å². The van der Waals surface area contributed by atoms with Crippen LogP contribution < -0.4 is 10.6 Å². The van der Waals surface area contributed by atoms with Gasteiger partial charge >= 0.3 is 12.1 Å². The average molecular weight is 444 g/mol. The molecule has 0 bridgehead atoms. The molecular weight excluding hydrogens is 420 g/mol. The Balaban J connectivity index is 1.32. The maximum Gasteiger partial charge on any atom is 0.407 e. The first-order valence-corrected chi connectivity index (χ1v) is 10.7. The van der Waals surface area contributed by atoms with Crippen LogP contribution in [0.1, 0.15) is 29.9 Å². The SMILES string of the molecule is O=C(CC[C@H](NC(=O)OCC1c2ccccc2-c2ccccc21)C(=O)O)Nc1ccccc1. The maximum atomic E-state index is 12.4. The molecule has 0 spiro atoms. The fourth-order valence-electron chi connectivity index (χ4n) is 4.06. The van der Waals surface area contributed by atoms with Crippen LogP contribution in [0.2, 0.25) is 0 Å². The average Bonchev–Trinajstić information content (AvgIpc) is 3.14. The van der Waals surface area contributed by atoms with Crippen molar-refractivity contribution in [3.05, 3.63) is 90.0 Å². The lowest BCUT2D eigenvalue weighted by Gasteiger charge is -2.17. The number of carboxylic acids is 1. The molecule has 7 nitrogen and oxygen atoms in total. The first-order valence-electron chi connectivity index (χ1n) is 10.7. The van der Waals surface area contributed by atoms with Crippen molar-refractivity contribution >= 4 is 23.7 Å². The zero-order chi connectivity index (χ0) is 23.2. The fraction of sp³-hybridized carbons (Fsp3) is 0.192. The van der Waals surface area contributed by atoms with Gasteiger partial charge in [0.05, 0.1) is 0 Å². The van der Waals surface area contributed by atoms with Crippen LogP contribution in [0.5, 0.6) is 0 Å². The normalized spacial score (nSPS) is 12.8. The third kappa shape index (κ3) is 5.20. The van der Waals surface area contributed by atoms with E-state index in [1.54, 1.807) is 24.3 Å². The number of alkyl carbamates (subject to hydrolysis) is 1. The Bertz CT molecular complexity index is 1120. The maximum absolute atomic E-state index is 12.4. The Morgan fingerprint density at radius 2 is 1.42 bits per heavy atom. The second kappa shape index (κ2) is 9.99. The number of para-hydroxylation sites is 1. The molecule has 1 aliphatic rings. The smallest absolute Gasteiger partial charge is 0.407 e. The summed E-state index contributed by atoms with van der Waals surface area (Å²) in [5.41, 5.74) is 4.97. The van der Waals surface area contributed by atoms with E-state index < -0.39 is 18.1 Å². The van der Waals surface area contributed by atoms with Crippen molar-refractivity contribution < 1.29 is 24.2 Å². The third-order valence-corrected chi connectivity index (χ3v) is 5.65. The van der Waals surface area contributed by atoms with E-state index in [0.717, 1.165) is 22.3 Å². The number of amides is 2. The van der Waals surface area contributed by atoms with E-state index in [1.165, 1.54) is 0 Å². The van der Waals surface area contributed by atoms with Crippen LogP contribution in [0.15, 0.2) is 78.9 Å². The van der Waals surface area contributed by atoms with E-state index in [0.29, 0.717) is 5.69 Å². The molecule has 0 radical (unpaired) electrons. The summed E-state index contributed by atoms with van der Waals surface area (Å²) in [6, 6.07) is 23.6. The van der Waals surface area contributed by atoms with Crippen molar-refractivity contribution in [2.45, 2.75) is 24.8 Å². The highest BCUT2D eigenvalue weighted by Gasteiger charge is 2.29. The Morgan fingerprint density at radius 1 is 0.848 bits per heavy atom. The summed E-state index contributed by atoms with van der Waals surface area (Å²) in [6.07, 6.45) is -0.944. The number of carbonyl (C=O) groups is 3. The molecule has 0 aliphatic heterocycles. The summed E-state index contributed by atoms with van der Waals surface area (Å²) in [5.74, 6) is -1.68. The zero-order valence-electron chi connectivity index (χ0n) is 17.9. The summed E-state index contributed by atoms with van der Waals surface area (Å²) in [5, 5.41) is 14.5. The van der Waals surface area contributed by atoms with Crippen molar-refractivity contribution in [1.29, 1.82) is 0 Å². The first kappa shape index (κ1) is 22.1. The number of nitrogens with one attached hydrogen (secondary N) is 2. The Morgan fingerprint density at radius 3 is 2.03 bits per heavy atom. The van der Waals surface area contributed by atoms with Gasteiger partial charge in [0.25, 0.3) is 0 Å². The third-order valence-electron chi connectivity index (χ3n) is 5.65. The van der Waals surface area contributed by atoms with Crippen LogP contribution in [0.25, 0.3) is 11.1 Å².